The highest BCUT2D eigenvalue weighted by Crippen LogP contribution is 2.04. The molecule has 0 radical (unpaired) electrons. The summed E-state index contributed by atoms with van der Waals surface area (Å²) in [4.78, 5) is 3.96. The summed E-state index contributed by atoms with van der Waals surface area (Å²) < 4.78 is 14.2. The minimum absolute atomic E-state index is 0.282. The number of hydrogen-bond acceptors (Lipinski definition) is 2. The lowest BCUT2D eigenvalue weighted by atomic mass is 10.4. The molecule has 0 amide bonds. The molecule has 0 unspecified atom stereocenters. The van der Waals surface area contributed by atoms with Crippen LogP contribution in [0.3, 0.4) is 0 Å². The third-order valence-electron chi connectivity index (χ3n) is 1.47. The summed E-state index contributed by atoms with van der Waals surface area (Å²) in [7, 11) is 0. The van der Waals surface area contributed by atoms with Crippen molar-refractivity contribution in [1.29, 1.82) is 0 Å². The number of fused-ring (bicyclic) bond motifs is 1. The van der Waals surface area contributed by atoms with Gasteiger partial charge in [0.15, 0.2) is 11.5 Å². The summed E-state index contributed by atoms with van der Waals surface area (Å²) in [5.74, 6) is -0.381. The van der Waals surface area contributed by atoms with Crippen LogP contribution in [-0.4, -0.2) is 14.6 Å². The third-order valence-corrected chi connectivity index (χ3v) is 1.47. The monoisotopic (exact) mass is 151 g/mol. The lowest BCUT2D eigenvalue weighted by molar-refractivity contribution is 0.635. The molecule has 56 valence electrons. The maximum atomic E-state index is 12.8. The van der Waals surface area contributed by atoms with E-state index in [0.717, 1.165) is 11.9 Å². The van der Waals surface area contributed by atoms with E-state index in [9.17, 15) is 4.39 Å². The predicted molar refractivity (Wildman–Crippen MR) is 37.7 cm³/mol. The van der Waals surface area contributed by atoms with Crippen molar-refractivity contribution < 1.29 is 4.39 Å². The molecule has 2 heterocycles. The summed E-state index contributed by atoms with van der Waals surface area (Å²) in [6, 6.07) is 1.78. The highest BCUT2D eigenvalue weighted by Gasteiger charge is 2.02. The fourth-order valence-electron chi connectivity index (χ4n) is 0.931. The number of aromatic nitrogens is 3. The Morgan fingerprint density at radius 1 is 1.55 bits per heavy atom. The molecule has 0 bridgehead atoms. The van der Waals surface area contributed by atoms with Gasteiger partial charge in [-0.25, -0.2) is 13.9 Å². The average Bonchev–Trinajstić information content (AvgIpc) is 2.33. The first-order valence-electron chi connectivity index (χ1n) is 3.24. The van der Waals surface area contributed by atoms with E-state index in [1.807, 2.05) is 6.92 Å². The second kappa shape index (κ2) is 2.02. The van der Waals surface area contributed by atoms with E-state index >= 15 is 0 Å². The average molecular weight is 151 g/mol. The van der Waals surface area contributed by atoms with E-state index < -0.39 is 0 Å². The predicted octanol–water partition coefficient (Wildman–Crippen LogP) is 1.18. The van der Waals surface area contributed by atoms with Crippen molar-refractivity contribution in [2.45, 2.75) is 6.92 Å². The van der Waals surface area contributed by atoms with E-state index in [0.29, 0.717) is 0 Å². The van der Waals surface area contributed by atoms with E-state index in [2.05, 4.69) is 10.1 Å². The summed E-state index contributed by atoms with van der Waals surface area (Å²) in [5.41, 5.74) is 1.07. The molecule has 0 aromatic carbocycles. The van der Waals surface area contributed by atoms with Crippen LogP contribution in [0.5, 0.6) is 0 Å². The Kier molecular flexibility index (Phi) is 1.15. The first-order chi connectivity index (χ1) is 5.27. The normalized spacial score (nSPS) is 10.7. The van der Waals surface area contributed by atoms with Gasteiger partial charge in [-0.2, -0.15) is 5.10 Å². The molecule has 0 saturated carbocycles. The Labute approximate surface area is 62.5 Å². The summed E-state index contributed by atoms with van der Waals surface area (Å²) in [6.45, 7) is 1.81. The van der Waals surface area contributed by atoms with Gasteiger partial charge in [-0.05, 0) is 13.0 Å². The lowest BCUT2D eigenvalue weighted by Gasteiger charge is -1.92. The van der Waals surface area contributed by atoms with Crippen LogP contribution >= 0.6 is 0 Å². The second-order valence-corrected chi connectivity index (χ2v) is 2.33. The number of rotatable bonds is 0. The fraction of sp³-hybridized carbons (Fsp3) is 0.143. The van der Waals surface area contributed by atoms with Crippen LogP contribution in [0.15, 0.2) is 18.5 Å². The molecule has 2 aromatic rings. The van der Waals surface area contributed by atoms with Crippen molar-refractivity contribution >= 4 is 5.65 Å². The molecule has 0 saturated heterocycles. The SMILES string of the molecule is Cc1ccn2ncc(F)c2n1. The molecular formula is C7H6FN3. The van der Waals surface area contributed by atoms with Crippen LogP contribution in [0.4, 0.5) is 4.39 Å². The van der Waals surface area contributed by atoms with E-state index in [1.54, 1.807) is 12.3 Å². The van der Waals surface area contributed by atoms with Crippen LogP contribution < -0.4 is 0 Å². The van der Waals surface area contributed by atoms with Gasteiger partial charge >= 0.3 is 0 Å². The highest BCUT2D eigenvalue weighted by atomic mass is 19.1. The largest absolute Gasteiger partial charge is 0.231 e. The summed E-state index contributed by atoms with van der Waals surface area (Å²) >= 11 is 0. The first-order valence-corrected chi connectivity index (χ1v) is 3.24. The Bertz CT molecular complexity index is 393. The van der Waals surface area contributed by atoms with Crippen molar-refractivity contribution in [3.05, 3.63) is 30.0 Å². The van der Waals surface area contributed by atoms with Crippen LogP contribution in [-0.2, 0) is 0 Å². The van der Waals surface area contributed by atoms with Crippen LogP contribution in [0.2, 0.25) is 0 Å². The molecule has 4 heteroatoms. The summed E-state index contributed by atoms with van der Waals surface area (Å²) in [5, 5.41) is 3.74. The maximum absolute atomic E-state index is 12.8. The molecular weight excluding hydrogens is 145 g/mol. The molecule has 2 aromatic heterocycles. The van der Waals surface area contributed by atoms with Gasteiger partial charge in [-0.3, -0.25) is 0 Å². The molecule has 0 spiro atoms. The smallest absolute Gasteiger partial charge is 0.191 e. The molecule has 0 fully saturated rings. The zero-order chi connectivity index (χ0) is 7.84. The number of halogens is 1. The van der Waals surface area contributed by atoms with Gasteiger partial charge < -0.3 is 0 Å². The van der Waals surface area contributed by atoms with E-state index in [-0.39, 0.29) is 11.5 Å². The zero-order valence-corrected chi connectivity index (χ0v) is 5.95. The van der Waals surface area contributed by atoms with Gasteiger partial charge in [0, 0.05) is 11.9 Å². The molecule has 0 aliphatic rings. The molecule has 0 aliphatic carbocycles. The fourth-order valence-corrected chi connectivity index (χ4v) is 0.931. The van der Waals surface area contributed by atoms with Crippen LogP contribution in [0.25, 0.3) is 5.65 Å². The van der Waals surface area contributed by atoms with Crippen LogP contribution in [0, 0.1) is 12.7 Å². The van der Waals surface area contributed by atoms with E-state index in [1.165, 1.54) is 4.52 Å². The standard InChI is InChI=1S/C7H6FN3/c1-5-2-3-11-7(10-5)6(8)4-9-11/h2-4H,1H3. The van der Waals surface area contributed by atoms with Gasteiger partial charge in [0.05, 0.1) is 6.20 Å². The minimum Gasteiger partial charge on any atom is -0.231 e. The van der Waals surface area contributed by atoms with Gasteiger partial charge in [0.2, 0.25) is 0 Å². The summed E-state index contributed by atoms with van der Waals surface area (Å²) in [6.07, 6.45) is 2.84. The zero-order valence-electron chi connectivity index (χ0n) is 5.95. The molecule has 0 atom stereocenters. The molecule has 0 aliphatic heterocycles. The number of nitrogens with zero attached hydrogens (tertiary/aromatic N) is 3. The van der Waals surface area contributed by atoms with Gasteiger partial charge in [-0.15, -0.1) is 0 Å². The maximum Gasteiger partial charge on any atom is 0.191 e. The van der Waals surface area contributed by atoms with Crippen molar-refractivity contribution in [3.8, 4) is 0 Å². The van der Waals surface area contributed by atoms with Crippen molar-refractivity contribution in [2.75, 3.05) is 0 Å². The topological polar surface area (TPSA) is 30.2 Å². The molecule has 2 rings (SSSR count). The Hall–Kier alpha value is -1.45. The molecule has 11 heavy (non-hydrogen) atoms. The van der Waals surface area contributed by atoms with Gasteiger partial charge in [0.25, 0.3) is 0 Å². The van der Waals surface area contributed by atoms with Crippen molar-refractivity contribution in [1.82, 2.24) is 14.6 Å². The molecule has 3 nitrogen and oxygen atoms in total. The first kappa shape index (κ1) is 6.27. The molecule has 0 N–H and O–H groups in total. The van der Waals surface area contributed by atoms with Crippen molar-refractivity contribution in [3.63, 3.8) is 0 Å². The second-order valence-electron chi connectivity index (χ2n) is 2.33. The third kappa shape index (κ3) is 0.869. The number of hydrogen-bond donors (Lipinski definition) is 0. The Morgan fingerprint density at radius 3 is 3.18 bits per heavy atom. The minimum atomic E-state index is -0.381. The van der Waals surface area contributed by atoms with Gasteiger partial charge in [0.1, 0.15) is 0 Å². The highest BCUT2D eigenvalue weighted by molar-refractivity contribution is 5.38. The quantitative estimate of drug-likeness (QED) is 0.565. The Morgan fingerprint density at radius 2 is 2.36 bits per heavy atom. The Balaban J connectivity index is 2.87. The van der Waals surface area contributed by atoms with Crippen molar-refractivity contribution in [2.24, 2.45) is 0 Å². The van der Waals surface area contributed by atoms with Crippen LogP contribution in [0.1, 0.15) is 5.69 Å². The van der Waals surface area contributed by atoms with Gasteiger partial charge in [-0.1, -0.05) is 0 Å². The lowest BCUT2D eigenvalue weighted by Crippen LogP contribution is -1.91. The number of aryl methyl sites for hydroxylation is 1. The van der Waals surface area contributed by atoms with E-state index in [4.69, 9.17) is 0 Å².